The van der Waals surface area contributed by atoms with Crippen LogP contribution >= 0.6 is 11.6 Å². The molecule has 1 N–H and O–H groups in total. The Bertz CT molecular complexity index is 1120. The fourth-order valence-corrected chi connectivity index (χ4v) is 2.98. The highest BCUT2D eigenvalue weighted by Gasteiger charge is 2.19. The first-order valence-corrected chi connectivity index (χ1v) is 9.14. The van der Waals surface area contributed by atoms with E-state index in [0.717, 1.165) is 16.8 Å². The Balaban J connectivity index is 1.74. The molecule has 1 amide bonds. The Morgan fingerprint density at radius 1 is 0.964 bits per heavy atom. The maximum Gasteiger partial charge on any atom is 0.295 e. The molecule has 0 radical (unpaired) electrons. The van der Waals surface area contributed by atoms with Crippen LogP contribution in [0.4, 0.5) is 5.69 Å². The minimum absolute atomic E-state index is 0.0929. The molecule has 28 heavy (non-hydrogen) atoms. The molecule has 0 aliphatic carbocycles. The summed E-state index contributed by atoms with van der Waals surface area (Å²) in [5.74, 6) is 0.308. The van der Waals surface area contributed by atoms with Crippen molar-refractivity contribution in [2.24, 2.45) is 0 Å². The summed E-state index contributed by atoms with van der Waals surface area (Å²) in [6, 6.07) is 24.4. The molecule has 1 aromatic heterocycles. The Kier molecular flexibility index (Phi) is 4.91. The van der Waals surface area contributed by atoms with Crippen LogP contribution in [0, 0.1) is 6.92 Å². The van der Waals surface area contributed by atoms with Crippen LogP contribution in [0.3, 0.4) is 0 Å². The lowest BCUT2D eigenvalue weighted by Gasteiger charge is -2.05. The van der Waals surface area contributed by atoms with Gasteiger partial charge in [-0.3, -0.25) is 4.79 Å². The fourth-order valence-electron chi connectivity index (χ4n) is 2.85. The highest BCUT2D eigenvalue weighted by molar-refractivity contribution is 6.30. The third-order valence-electron chi connectivity index (χ3n) is 4.19. The van der Waals surface area contributed by atoms with E-state index in [1.165, 1.54) is 0 Å². The topological polar surface area (TPSA) is 59.8 Å². The number of hydrogen-bond acceptors (Lipinski definition) is 3. The minimum Gasteiger partial charge on any atom is -0.319 e. The SMILES string of the molecule is Cc1cccc(NC(=O)c2nc(-c3ccccc3)n(-c3ccc(Cl)cc3)n2)c1. The first kappa shape index (κ1) is 17.9. The zero-order valence-electron chi connectivity index (χ0n) is 15.1. The van der Waals surface area contributed by atoms with Crippen LogP contribution in [0.5, 0.6) is 0 Å². The number of carbonyl (C=O) groups excluding carboxylic acids is 1. The number of carbonyl (C=O) groups is 1. The summed E-state index contributed by atoms with van der Waals surface area (Å²) in [6.07, 6.45) is 0. The van der Waals surface area contributed by atoms with Crippen molar-refractivity contribution < 1.29 is 4.79 Å². The lowest BCUT2D eigenvalue weighted by Crippen LogP contribution is -2.14. The van der Waals surface area contributed by atoms with Gasteiger partial charge in [0.25, 0.3) is 5.91 Å². The smallest absolute Gasteiger partial charge is 0.295 e. The van der Waals surface area contributed by atoms with Crippen molar-refractivity contribution in [3.05, 3.63) is 95.3 Å². The Morgan fingerprint density at radius 2 is 1.71 bits per heavy atom. The number of aromatic nitrogens is 3. The summed E-state index contributed by atoms with van der Waals surface area (Å²) in [5, 5.41) is 7.94. The van der Waals surface area contributed by atoms with Crippen molar-refractivity contribution in [2.75, 3.05) is 5.32 Å². The van der Waals surface area contributed by atoms with Gasteiger partial charge in [-0.1, -0.05) is 54.1 Å². The maximum atomic E-state index is 12.7. The molecule has 4 aromatic rings. The molecule has 0 saturated carbocycles. The van der Waals surface area contributed by atoms with E-state index in [4.69, 9.17) is 11.6 Å². The number of benzene rings is 3. The zero-order chi connectivity index (χ0) is 19.5. The monoisotopic (exact) mass is 388 g/mol. The molecule has 0 spiro atoms. The van der Waals surface area contributed by atoms with Crippen molar-refractivity contribution in [2.45, 2.75) is 6.92 Å². The number of nitrogens with one attached hydrogen (secondary N) is 1. The second-order valence-electron chi connectivity index (χ2n) is 6.34. The van der Waals surface area contributed by atoms with Gasteiger partial charge in [-0.25, -0.2) is 9.67 Å². The van der Waals surface area contributed by atoms with E-state index in [9.17, 15) is 4.79 Å². The molecule has 0 unspecified atom stereocenters. The molecule has 5 nitrogen and oxygen atoms in total. The minimum atomic E-state index is -0.365. The predicted molar refractivity (Wildman–Crippen MR) is 111 cm³/mol. The van der Waals surface area contributed by atoms with Crippen LogP contribution in [-0.2, 0) is 0 Å². The quantitative estimate of drug-likeness (QED) is 0.526. The standard InChI is InChI=1S/C22H17ClN4O/c1-15-6-5-9-18(14-15)24-22(28)20-25-21(16-7-3-2-4-8-16)27(26-20)19-12-10-17(23)11-13-19/h2-14H,1H3,(H,24,28). The summed E-state index contributed by atoms with van der Waals surface area (Å²) < 4.78 is 1.65. The average Bonchev–Trinajstić information content (AvgIpc) is 3.15. The Labute approximate surface area is 167 Å². The molecule has 138 valence electrons. The molecule has 0 fully saturated rings. The zero-order valence-corrected chi connectivity index (χ0v) is 15.9. The Hall–Kier alpha value is -3.44. The van der Waals surface area contributed by atoms with E-state index < -0.39 is 0 Å². The molecule has 0 atom stereocenters. The molecular weight excluding hydrogens is 372 g/mol. The van der Waals surface area contributed by atoms with Crippen molar-refractivity contribution in [3.63, 3.8) is 0 Å². The molecule has 1 heterocycles. The first-order valence-electron chi connectivity index (χ1n) is 8.76. The van der Waals surface area contributed by atoms with Crippen LogP contribution in [-0.4, -0.2) is 20.7 Å². The summed E-state index contributed by atoms with van der Waals surface area (Å²) in [5.41, 5.74) is 3.39. The van der Waals surface area contributed by atoms with Gasteiger partial charge in [0.2, 0.25) is 5.82 Å². The summed E-state index contributed by atoms with van der Waals surface area (Å²) in [6.45, 7) is 1.97. The van der Waals surface area contributed by atoms with Crippen LogP contribution in [0.15, 0.2) is 78.9 Å². The number of anilines is 1. The van der Waals surface area contributed by atoms with Crippen molar-refractivity contribution >= 4 is 23.2 Å². The predicted octanol–water partition coefficient (Wildman–Crippen LogP) is 5.15. The molecule has 0 aliphatic rings. The van der Waals surface area contributed by atoms with E-state index in [2.05, 4.69) is 15.4 Å². The van der Waals surface area contributed by atoms with Crippen LogP contribution in [0.1, 0.15) is 16.2 Å². The number of hydrogen-bond donors (Lipinski definition) is 1. The van der Waals surface area contributed by atoms with Gasteiger partial charge in [-0.2, -0.15) is 0 Å². The van der Waals surface area contributed by atoms with Crippen molar-refractivity contribution in [3.8, 4) is 17.1 Å². The third-order valence-corrected chi connectivity index (χ3v) is 4.44. The molecule has 4 rings (SSSR count). The van der Waals surface area contributed by atoms with E-state index in [0.29, 0.717) is 16.5 Å². The van der Waals surface area contributed by atoms with E-state index in [-0.39, 0.29) is 11.7 Å². The van der Waals surface area contributed by atoms with Crippen molar-refractivity contribution in [1.82, 2.24) is 14.8 Å². The van der Waals surface area contributed by atoms with Gasteiger partial charge in [0.1, 0.15) is 0 Å². The summed E-state index contributed by atoms with van der Waals surface area (Å²) in [4.78, 5) is 17.2. The third kappa shape index (κ3) is 3.80. The van der Waals surface area contributed by atoms with Gasteiger partial charge in [0.15, 0.2) is 5.82 Å². The van der Waals surface area contributed by atoms with Crippen LogP contribution in [0.25, 0.3) is 17.1 Å². The van der Waals surface area contributed by atoms with E-state index >= 15 is 0 Å². The average molecular weight is 389 g/mol. The first-order chi connectivity index (χ1) is 13.6. The lowest BCUT2D eigenvalue weighted by atomic mass is 10.2. The van der Waals surface area contributed by atoms with Gasteiger partial charge in [-0.15, -0.1) is 5.10 Å². The molecule has 0 aliphatic heterocycles. The molecular formula is C22H17ClN4O. The highest BCUT2D eigenvalue weighted by Crippen LogP contribution is 2.22. The van der Waals surface area contributed by atoms with Crippen molar-refractivity contribution in [1.29, 1.82) is 0 Å². The second-order valence-corrected chi connectivity index (χ2v) is 6.77. The van der Waals surface area contributed by atoms with Gasteiger partial charge in [-0.05, 0) is 48.9 Å². The lowest BCUT2D eigenvalue weighted by molar-refractivity contribution is 0.101. The summed E-state index contributed by atoms with van der Waals surface area (Å²) >= 11 is 6.01. The second kappa shape index (κ2) is 7.66. The van der Waals surface area contributed by atoms with E-state index in [1.807, 2.05) is 73.7 Å². The molecule has 6 heteroatoms. The number of halogens is 1. The van der Waals surface area contributed by atoms with E-state index in [1.54, 1.807) is 16.8 Å². The highest BCUT2D eigenvalue weighted by atomic mass is 35.5. The molecule has 0 saturated heterocycles. The number of aryl methyl sites for hydroxylation is 1. The maximum absolute atomic E-state index is 12.7. The van der Waals surface area contributed by atoms with Gasteiger partial charge < -0.3 is 5.32 Å². The van der Waals surface area contributed by atoms with Gasteiger partial charge >= 0.3 is 0 Å². The largest absolute Gasteiger partial charge is 0.319 e. The number of amides is 1. The van der Waals surface area contributed by atoms with Gasteiger partial charge in [0.05, 0.1) is 5.69 Å². The molecule has 3 aromatic carbocycles. The number of rotatable bonds is 4. The fraction of sp³-hybridized carbons (Fsp3) is 0.0455. The Morgan fingerprint density at radius 3 is 2.43 bits per heavy atom. The normalized spacial score (nSPS) is 10.6. The van der Waals surface area contributed by atoms with Gasteiger partial charge in [0, 0.05) is 16.3 Å². The molecule has 0 bridgehead atoms. The van der Waals surface area contributed by atoms with Crippen LogP contribution in [0.2, 0.25) is 5.02 Å². The number of nitrogens with zero attached hydrogens (tertiary/aromatic N) is 3. The van der Waals surface area contributed by atoms with Crippen LogP contribution < -0.4 is 5.32 Å². The summed E-state index contributed by atoms with van der Waals surface area (Å²) in [7, 11) is 0.